The Balaban J connectivity index is 3.19. The Kier molecular flexibility index (Phi) is 11.8. The lowest BCUT2D eigenvalue weighted by molar-refractivity contribution is 0.0633. The molecule has 5 heteroatoms. The van der Waals surface area contributed by atoms with Crippen molar-refractivity contribution >= 4 is 40.3 Å². The Morgan fingerprint density at radius 3 is 2.60 bits per heavy atom. The van der Waals surface area contributed by atoms with Crippen LogP contribution in [0.15, 0.2) is 0 Å². The highest BCUT2D eigenvalue weighted by Gasteiger charge is 2.01. The topological polar surface area (TPSA) is 35.5 Å². The molecule has 0 aliphatic heterocycles. The summed E-state index contributed by atoms with van der Waals surface area (Å²) in [6.45, 7) is 0.493. The first-order valence-corrected chi connectivity index (χ1v) is 6.36. The molecule has 0 N–H and O–H groups in total. The van der Waals surface area contributed by atoms with Gasteiger partial charge in [-0.15, -0.1) is 11.6 Å². The van der Waals surface area contributed by atoms with E-state index in [1.54, 1.807) is 0 Å². The average molecular weight is 345 g/mol. The normalized spacial score (nSPS) is 8.93. The van der Waals surface area contributed by atoms with E-state index in [-0.39, 0.29) is 6.61 Å². The lowest BCUT2D eigenvalue weighted by atomic mass is 10.2. The van der Waals surface area contributed by atoms with Gasteiger partial charge < -0.3 is 9.47 Å². The van der Waals surface area contributed by atoms with Gasteiger partial charge in [-0.2, -0.15) is 0 Å². The molecule has 0 aromatic carbocycles. The van der Waals surface area contributed by atoms with Crippen LogP contribution in [0.1, 0.15) is 25.7 Å². The SMILES string of the molecule is O=C(OCC#CI)OCCCCCCCl. The van der Waals surface area contributed by atoms with Crippen LogP contribution in [0.5, 0.6) is 0 Å². The maximum atomic E-state index is 10.9. The fourth-order valence-electron chi connectivity index (χ4n) is 0.870. The minimum atomic E-state index is -0.647. The fraction of sp³-hybridized carbons (Fsp3) is 0.700. The summed E-state index contributed by atoms with van der Waals surface area (Å²) in [5, 5.41) is 0. The lowest BCUT2D eigenvalue weighted by Gasteiger charge is -2.03. The molecule has 86 valence electrons. The van der Waals surface area contributed by atoms with E-state index in [1.807, 2.05) is 22.6 Å². The van der Waals surface area contributed by atoms with Crippen molar-refractivity contribution in [2.45, 2.75) is 25.7 Å². The van der Waals surface area contributed by atoms with Crippen LogP contribution >= 0.6 is 34.2 Å². The van der Waals surface area contributed by atoms with Crippen molar-refractivity contribution in [1.29, 1.82) is 0 Å². The number of unbranched alkanes of at least 4 members (excludes halogenated alkanes) is 3. The Hall–Kier alpha value is -0.150. The first-order chi connectivity index (χ1) is 7.31. The van der Waals surface area contributed by atoms with Crippen molar-refractivity contribution in [3.63, 3.8) is 0 Å². The molecular weight excluding hydrogens is 330 g/mol. The van der Waals surface area contributed by atoms with Crippen LogP contribution in [-0.2, 0) is 9.47 Å². The zero-order valence-electron chi connectivity index (χ0n) is 8.43. The van der Waals surface area contributed by atoms with Gasteiger partial charge in [0.1, 0.15) is 0 Å². The van der Waals surface area contributed by atoms with Crippen molar-refractivity contribution in [3.8, 4) is 9.85 Å². The molecule has 0 bridgehead atoms. The number of hydrogen-bond acceptors (Lipinski definition) is 3. The Labute approximate surface area is 109 Å². The summed E-state index contributed by atoms with van der Waals surface area (Å²) in [7, 11) is 0. The molecule has 0 atom stereocenters. The molecule has 0 radical (unpaired) electrons. The molecule has 0 spiro atoms. The average Bonchev–Trinajstić information content (AvgIpc) is 2.23. The zero-order chi connectivity index (χ0) is 11.4. The molecule has 0 unspecified atom stereocenters. The van der Waals surface area contributed by atoms with Crippen molar-refractivity contribution in [3.05, 3.63) is 0 Å². The minimum Gasteiger partial charge on any atom is -0.434 e. The van der Waals surface area contributed by atoms with Gasteiger partial charge in [0.05, 0.1) is 6.61 Å². The van der Waals surface area contributed by atoms with E-state index in [0.29, 0.717) is 12.5 Å². The number of hydrogen-bond donors (Lipinski definition) is 0. The molecule has 0 amide bonds. The standard InChI is InChI=1S/C10H14ClIO3/c11-6-3-1-2-4-8-14-10(13)15-9-5-7-12/h1-4,6,8-9H2. The molecule has 0 aliphatic rings. The highest BCUT2D eigenvalue weighted by atomic mass is 127. The second kappa shape index (κ2) is 11.9. The van der Waals surface area contributed by atoms with Gasteiger partial charge in [0, 0.05) is 28.5 Å². The van der Waals surface area contributed by atoms with E-state index < -0.39 is 6.16 Å². The Bertz CT molecular complexity index is 222. The Morgan fingerprint density at radius 2 is 1.93 bits per heavy atom. The first-order valence-electron chi connectivity index (χ1n) is 4.75. The summed E-state index contributed by atoms with van der Waals surface area (Å²) in [5.74, 6) is 3.29. The van der Waals surface area contributed by atoms with Crippen LogP contribution in [-0.4, -0.2) is 25.2 Å². The van der Waals surface area contributed by atoms with Crippen LogP contribution < -0.4 is 0 Å². The molecule has 15 heavy (non-hydrogen) atoms. The highest BCUT2D eigenvalue weighted by Crippen LogP contribution is 2.01. The van der Waals surface area contributed by atoms with Crippen molar-refractivity contribution in [2.75, 3.05) is 19.1 Å². The molecule has 0 saturated carbocycles. The molecule has 0 rings (SSSR count). The number of halogens is 2. The smallest absolute Gasteiger partial charge is 0.434 e. The molecular formula is C10H14ClIO3. The van der Waals surface area contributed by atoms with Crippen LogP contribution in [0.4, 0.5) is 4.79 Å². The largest absolute Gasteiger partial charge is 0.509 e. The van der Waals surface area contributed by atoms with Crippen molar-refractivity contribution < 1.29 is 14.3 Å². The summed E-state index contributed by atoms with van der Waals surface area (Å²) in [6, 6.07) is 0. The van der Waals surface area contributed by atoms with Crippen LogP contribution in [0.3, 0.4) is 0 Å². The molecule has 0 aromatic heterocycles. The van der Waals surface area contributed by atoms with Gasteiger partial charge in [-0.25, -0.2) is 4.79 Å². The summed E-state index contributed by atoms with van der Waals surface area (Å²) < 4.78 is 12.0. The minimum absolute atomic E-state index is 0.0913. The fourth-order valence-corrected chi connectivity index (χ4v) is 1.21. The molecule has 0 aliphatic carbocycles. The summed E-state index contributed by atoms with van der Waals surface area (Å²) in [6.07, 6.45) is 3.31. The number of alkyl halides is 1. The van der Waals surface area contributed by atoms with E-state index in [4.69, 9.17) is 16.3 Å². The maximum absolute atomic E-state index is 10.9. The van der Waals surface area contributed by atoms with Crippen molar-refractivity contribution in [2.24, 2.45) is 0 Å². The predicted molar refractivity (Wildman–Crippen MR) is 68.3 cm³/mol. The number of carbonyl (C=O) groups is 1. The third kappa shape index (κ3) is 11.8. The third-order valence-electron chi connectivity index (χ3n) is 1.58. The van der Waals surface area contributed by atoms with E-state index in [2.05, 4.69) is 14.6 Å². The van der Waals surface area contributed by atoms with Gasteiger partial charge in [-0.1, -0.05) is 18.8 Å². The monoisotopic (exact) mass is 344 g/mol. The van der Waals surface area contributed by atoms with Gasteiger partial charge in [-0.05, 0) is 16.8 Å². The third-order valence-corrected chi connectivity index (χ3v) is 2.23. The van der Waals surface area contributed by atoms with E-state index in [1.165, 1.54) is 0 Å². The van der Waals surface area contributed by atoms with Gasteiger partial charge in [0.25, 0.3) is 0 Å². The van der Waals surface area contributed by atoms with Crippen LogP contribution in [0.25, 0.3) is 0 Å². The van der Waals surface area contributed by atoms with E-state index >= 15 is 0 Å². The Morgan fingerprint density at radius 1 is 1.20 bits per heavy atom. The number of rotatable bonds is 7. The predicted octanol–water partition coefficient (Wildman–Crippen LogP) is 3.33. The molecule has 3 nitrogen and oxygen atoms in total. The molecule has 0 saturated heterocycles. The van der Waals surface area contributed by atoms with Gasteiger partial charge >= 0.3 is 6.16 Å². The highest BCUT2D eigenvalue weighted by molar-refractivity contribution is 14.1. The second-order valence-electron chi connectivity index (χ2n) is 2.76. The molecule has 0 aromatic rings. The molecule has 0 heterocycles. The second-order valence-corrected chi connectivity index (χ2v) is 3.68. The number of ether oxygens (including phenoxy) is 2. The summed E-state index contributed by atoms with van der Waals surface area (Å²) in [5.41, 5.74) is 0. The summed E-state index contributed by atoms with van der Waals surface area (Å²) >= 11 is 7.39. The van der Waals surface area contributed by atoms with Gasteiger partial charge in [0.15, 0.2) is 6.61 Å². The van der Waals surface area contributed by atoms with E-state index in [0.717, 1.165) is 25.7 Å². The summed E-state index contributed by atoms with van der Waals surface area (Å²) in [4.78, 5) is 10.9. The van der Waals surface area contributed by atoms with Crippen LogP contribution in [0, 0.1) is 9.85 Å². The molecule has 0 fully saturated rings. The van der Waals surface area contributed by atoms with Crippen molar-refractivity contribution in [1.82, 2.24) is 0 Å². The van der Waals surface area contributed by atoms with E-state index in [9.17, 15) is 4.79 Å². The maximum Gasteiger partial charge on any atom is 0.509 e. The first kappa shape index (κ1) is 14.8. The lowest BCUT2D eigenvalue weighted by Crippen LogP contribution is -2.08. The quantitative estimate of drug-likeness (QED) is 0.234. The van der Waals surface area contributed by atoms with Gasteiger partial charge in [-0.3, -0.25) is 0 Å². The zero-order valence-corrected chi connectivity index (χ0v) is 11.3. The van der Waals surface area contributed by atoms with Gasteiger partial charge in [0.2, 0.25) is 0 Å². The van der Waals surface area contributed by atoms with Crippen LogP contribution in [0.2, 0.25) is 0 Å². The number of carbonyl (C=O) groups excluding carboxylic acids is 1.